The number of carbonyl (C=O) groups excluding carboxylic acids is 1. The molecule has 7 heteroatoms. The first-order valence-corrected chi connectivity index (χ1v) is 9.26. The summed E-state index contributed by atoms with van der Waals surface area (Å²) in [7, 11) is 0. The number of aromatic hydroxyl groups is 1. The number of carbonyl (C=O) groups is 1. The van der Waals surface area contributed by atoms with Crippen molar-refractivity contribution in [2.45, 2.75) is 13.6 Å². The SMILES string of the molecule is Cc1ccc(C(=O)N=Nc2c(O)n(CN3CCOCC3)c3ccccc23)cc1. The van der Waals surface area contributed by atoms with Crippen molar-refractivity contribution in [2.75, 3.05) is 26.3 Å². The van der Waals surface area contributed by atoms with E-state index in [0.717, 1.165) is 29.6 Å². The van der Waals surface area contributed by atoms with E-state index in [1.165, 1.54) is 0 Å². The number of ether oxygens (including phenoxy) is 1. The van der Waals surface area contributed by atoms with Gasteiger partial charge >= 0.3 is 0 Å². The third kappa shape index (κ3) is 3.67. The van der Waals surface area contributed by atoms with Gasteiger partial charge in [0.15, 0.2) is 5.69 Å². The van der Waals surface area contributed by atoms with Crippen LogP contribution < -0.4 is 0 Å². The molecular weight excluding hydrogens is 356 g/mol. The number of fused-ring (bicyclic) bond motifs is 1. The third-order valence-corrected chi connectivity index (χ3v) is 4.90. The van der Waals surface area contributed by atoms with Crippen LogP contribution in [0.1, 0.15) is 15.9 Å². The average Bonchev–Trinajstić information content (AvgIpc) is 2.99. The molecule has 1 fully saturated rings. The first-order chi connectivity index (χ1) is 13.6. The van der Waals surface area contributed by atoms with E-state index in [1.807, 2.05) is 43.3 Å². The zero-order chi connectivity index (χ0) is 19.5. The van der Waals surface area contributed by atoms with Gasteiger partial charge in [0, 0.05) is 24.0 Å². The van der Waals surface area contributed by atoms with E-state index < -0.39 is 5.91 Å². The van der Waals surface area contributed by atoms with Gasteiger partial charge in [0.05, 0.1) is 25.4 Å². The van der Waals surface area contributed by atoms with E-state index in [1.54, 1.807) is 16.7 Å². The van der Waals surface area contributed by atoms with Crippen LogP contribution in [-0.2, 0) is 11.4 Å². The van der Waals surface area contributed by atoms with Crippen LogP contribution in [-0.4, -0.2) is 46.8 Å². The summed E-state index contributed by atoms with van der Waals surface area (Å²) in [5.74, 6) is -0.433. The number of aryl methyl sites for hydroxylation is 1. The summed E-state index contributed by atoms with van der Waals surface area (Å²) >= 11 is 0. The van der Waals surface area contributed by atoms with E-state index >= 15 is 0 Å². The fourth-order valence-electron chi connectivity index (χ4n) is 3.31. The van der Waals surface area contributed by atoms with Gasteiger partial charge in [0.1, 0.15) is 0 Å². The monoisotopic (exact) mass is 378 g/mol. The molecule has 0 saturated carbocycles. The van der Waals surface area contributed by atoms with Crippen molar-refractivity contribution in [1.82, 2.24) is 9.47 Å². The Morgan fingerprint density at radius 2 is 1.82 bits per heavy atom. The highest BCUT2D eigenvalue weighted by molar-refractivity contribution is 5.97. The lowest BCUT2D eigenvalue weighted by Crippen LogP contribution is -2.37. The molecule has 0 bridgehead atoms. The predicted octanol–water partition coefficient (Wildman–Crippen LogP) is 3.87. The van der Waals surface area contributed by atoms with Crippen LogP contribution in [0.3, 0.4) is 0 Å². The predicted molar refractivity (Wildman–Crippen MR) is 106 cm³/mol. The highest BCUT2D eigenvalue weighted by Crippen LogP contribution is 2.39. The third-order valence-electron chi connectivity index (χ3n) is 4.90. The molecule has 7 nitrogen and oxygen atoms in total. The zero-order valence-electron chi connectivity index (χ0n) is 15.7. The quantitative estimate of drug-likeness (QED) is 0.699. The van der Waals surface area contributed by atoms with E-state index in [9.17, 15) is 9.90 Å². The highest BCUT2D eigenvalue weighted by Gasteiger charge is 2.20. The van der Waals surface area contributed by atoms with Gasteiger partial charge in [0.2, 0.25) is 5.88 Å². The van der Waals surface area contributed by atoms with Gasteiger partial charge in [-0.25, -0.2) is 0 Å². The number of hydrogen-bond acceptors (Lipinski definition) is 5. The van der Waals surface area contributed by atoms with E-state index in [4.69, 9.17) is 4.74 Å². The van der Waals surface area contributed by atoms with Crippen molar-refractivity contribution in [3.05, 3.63) is 59.7 Å². The molecule has 3 aromatic rings. The molecule has 4 rings (SSSR count). The molecule has 1 aliphatic rings. The van der Waals surface area contributed by atoms with E-state index in [-0.39, 0.29) is 5.88 Å². The summed E-state index contributed by atoms with van der Waals surface area (Å²) < 4.78 is 7.19. The average molecular weight is 378 g/mol. The first kappa shape index (κ1) is 18.3. The fraction of sp³-hybridized carbons (Fsp3) is 0.286. The maximum Gasteiger partial charge on any atom is 0.295 e. The maximum atomic E-state index is 12.3. The zero-order valence-corrected chi connectivity index (χ0v) is 15.7. The second-order valence-electron chi connectivity index (χ2n) is 6.86. The second-order valence-corrected chi connectivity index (χ2v) is 6.86. The molecule has 28 heavy (non-hydrogen) atoms. The molecule has 1 aliphatic heterocycles. The number of benzene rings is 2. The number of nitrogens with zero attached hydrogens (tertiary/aromatic N) is 4. The Labute approximate surface area is 162 Å². The molecule has 0 atom stereocenters. The first-order valence-electron chi connectivity index (χ1n) is 9.26. The molecule has 2 heterocycles. The normalized spacial score (nSPS) is 15.5. The van der Waals surface area contributed by atoms with Crippen LogP contribution in [0.2, 0.25) is 0 Å². The number of aromatic nitrogens is 1. The van der Waals surface area contributed by atoms with Gasteiger partial charge in [0.25, 0.3) is 5.91 Å². The van der Waals surface area contributed by atoms with Gasteiger partial charge in [-0.2, -0.15) is 0 Å². The van der Waals surface area contributed by atoms with E-state index in [0.29, 0.717) is 31.1 Å². The van der Waals surface area contributed by atoms with Gasteiger partial charge in [-0.05, 0) is 25.1 Å². The molecule has 0 radical (unpaired) electrons. The highest BCUT2D eigenvalue weighted by atomic mass is 16.5. The van der Waals surface area contributed by atoms with Gasteiger partial charge < -0.3 is 9.84 Å². The lowest BCUT2D eigenvalue weighted by Gasteiger charge is -2.27. The number of azo groups is 1. The minimum Gasteiger partial charge on any atom is -0.493 e. The van der Waals surface area contributed by atoms with Crippen molar-refractivity contribution >= 4 is 22.5 Å². The van der Waals surface area contributed by atoms with Gasteiger partial charge in [-0.1, -0.05) is 35.9 Å². The minimum absolute atomic E-state index is 0.00754. The Balaban J connectivity index is 1.65. The van der Waals surface area contributed by atoms with Crippen molar-refractivity contribution < 1.29 is 14.6 Å². The number of rotatable bonds is 4. The van der Waals surface area contributed by atoms with Crippen LogP contribution in [0.15, 0.2) is 58.8 Å². The Hall–Kier alpha value is -3.03. The molecule has 1 amide bonds. The number of amides is 1. The minimum atomic E-state index is -0.440. The standard InChI is InChI=1S/C21H22N4O3/c1-15-6-8-16(9-7-15)20(26)23-22-19-17-4-2-3-5-18(17)25(21(19)27)14-24-10-12-28-13-11-24/h2-9,27H,10-14H2,1H3. The van der Waals surface area contributed by atoms with Gasteiger partial charge in [-0.3, -0.25) is 14.3 Å². The number of morpholine rings is 1. The number of hydrogen-bond donors (Lipinski definition) is 1. The lowest BCUT2D eigenvalue weighted by molar-refractivity contribution is 0.0231. The smallest absolute Gasteiger partial charge is 0.295 e. The van der Waals surface area contributed by atoms with Crippen molar-refractivity contribution in [2.24, 2.45) is 10.2 Å². The summed E-state index contributed by atoms with van der Waals surface area (Å²) in [4.78, 5) is 14.5. The van der Waals surface area contributed by atoms with Crippen LogP contribution in [0.5, 0.6) is 5.88 Å². The van der Waals surface area contributed by atoms with Crippen LogP contribution in [0.4, 0.5) is 5.69 Å². The van der Waals surface area contributed by atoms with Crippen LogP contribution >= 0.6 is 0 Å². The largest absolute Gasteiger partial charge is 0.493 e. The summed E-state index contributed by atoms with van der Waals surface area (Å²) in [6.45, 7) is 5.44. The summed E-state index contributed by atoms with van der Waals surface area (Å²) in [5.41, 5.74) is 2.69. The topological polar surface area (TPSA) is 79.4 Å². The molecule has 0 spiro atoms. The molecule has 0 aliphatic carbocycles. The Bertz CT molecular complexity index is 1020. The van der Waals surface area contributed by atoms with Gasteiger partial charge in [-0.15, -0.1) is 10.2 Å². The molecule has 0 unspecified atom stereocenters. The molecule has 1 saturated heterocycles. The Kier molecular flexibility index (Phi) is 5.18. The van der Waals surface area contributed by atoms with Crippen LogP contribution in [0, 0.1) is 6.92 Å². The Morgan fingerprint density at radius 3 is 2.57 bits per heavy atom. The van der Waals surface area contributed by atoms with E-state index in [2.05, 4.69) is 15.1 Å². The lowest BCUT2D eigenvalue weighted by atomic mass is 10.1. The molecule has 2 aromatic carbocycles. The summed E-state index contributed by atoms with van der Waals surface area (Å²) in [5, 5.41) is 19.5. The van der Waals surface area contributed by atoms with Crippen molar-refractivity contribution in [1.29, 1.82) is 0 Å². The fourth-order valence-corrected chi connectivity index (χ4v) is 3.31. The number of para-hydroxylation sites is 1. The molecule has 144 valence electrons. The summed E-state index contributed by atoms with van der Waals surface area (Å²) in [6, 6.07) is 14.7. The van der Waals surface area contributed by atoms with Crippen molar-refractivity contribution in [3.63, 3.8) is 0 Å². The van der Waals surface area contributed by atoms with Crippen molar-refractivity contribution in [3.8, 4) is 5.88 Å². The molecular formula is C21H22N4O3. The Morgan fingerprint density at radius 1 is 1.11 bits per heavy atom. The summed E-state index contributed by atoms with van der Waals surface area (Å²) in [6.07, 6.45) is 0. The molecule has 1 N–H and O–H groups in total. The second kappa shape index (κ2) is 7.92. The van der Waals surface area contributed by atoms with Crippen LogP contribution in [0.25, 0.3) is 10.9 Å². The maximum absolute atomic E-state index is 12.3. The molecule has 1 aromatic heterocycles.